The molecule has 0 N–H and O–H groups in total. The molecule has 1 aliphatic heterocycles. The Morgan fingerprint density at radius 3 is 2.67 bits per heavy atom. The summed E-state index contributed by atoms with van der Waals surface area (Å²) >= 11 is 0. The fraction of sp³-hybridized carbons (Fsp3) is 0.412. The molecular formula is C17H21NO3. The minimum absolute atomic E-state index is 0.00352. The molecule has 0 saturated carbocycles. The van der Waals surface area contributed by atoms with Crippen molar-refractivity contribution in [2.45, 2.75) is 32.7 Å². The maximum atomic E-state index is 12.5. The summed E-state index contributed by atoms with van der Waals surface area (Å²) in [5, 5.41) is 0. The molecule has 0 spiro atoms. The molecule has 0 fully saturated rings. The lowest BCUT2D eigenvalue weighted by Crippen LogP contribution is -2.32. The number of aryl methyl sites for hydroxylation is 1. The summed E-state index contributed by atoms with van der Waals surface area (Å²) < 4.78 is 5.31. The predicted molar refractivity (Wildman–Crippen MR) is 81.0 cm³/mol. The van der Waals surface area contributed by atoms with E-state index >= 15 is 0 Å². The monoisotopic (exact) mass is 287 g/mol. The van der Waals surface area contributed by atoms with Gasteiger partial charge in [-0.2, -0.15) is 0 Å². The number of rotatable bonds is 6. The molecule has 0 bridgehead atoms. The van der Waals surface area contributed by atoms with Gasteiger partial charge in [-0.25, -0.2) is 0 Å². The van der Waals surface area contributed by atoms with Gasteiger partial charge in [0.15, 0.2) is 11.5 Å². The topological polar surface area (TPSA) is 46.6 Å². The van der Waals surface area contributed by atoms with E-state index in [2.05, 4.69) is 0 Å². The van der Waals surface area contributed by atoms with Gasteiger partial charge in [0, 0.05) is 25.2 Å². The van der Waals surface area contributed by atoms with E-state index < -0.39 is 6.04 Å². The number of hydrogen-bond donors (Lipinski definition) is 0. The van der Waals surface area contributed by atoms with Crippen LogP contribution in [-0.2, 0) is 16.0 Å². The Kier molecular flexibility index (Phi) is 4.78. The zero-order chi connectivity index (χ0) is 15.4. The lowest BCUT2D eigenvalue weighted by atomic mass is 9.96. The molecule has 0 radical (unpaired) electrons. The van der Waals surface area contributed by atoms with E-state index in [0.717, 1.165) is 12.0 Å². The number of ether oxygens (including phenoxy) is 1. The number of ketones is 2. The molecular weight excluding hydrogens is 266 g/mol. The van der Waals surface area contributed by atoms with E-state index in [-0.39, 0.29) is 18.0 Å². The lowest BCUT2D eigenvalue weighted by Gasteiger charge is -2.18. The molecule has 4 heteroatoms. The van der Waals surface area contributed by atoms with E-state index in [4.69, 9.17) is 4.74 Å². The summed E-state index contributed by atoms with van der Waals surface area (Å²) in [7, 11) is 1.80. The van der Waals surface area contributed by atoms with Gasteiger partial charge >= 0.3 is 0 Å². The first kappa shape index (κ1) is 15.3. The molecule has 1 aliphatic rings. The summed E-state index contributed by atoms with van der Waals surface area (Å²) in [4.78, 5) is 26.5. The first-order valence-electron chi connectivity index (χ1n) is 7.30. The molecule has 112 valence electrons. The van der Waals surface area contributed by atoms with E-state index in [9.17, 15) is 9.59 Å². The van der Waals surface area contributed by atoms with Crippen LogP contribution in [0.4, 0.5) is 0 Å². The van der Waals surface area contributed by atoms with Crippen molar-refractivity contribution >= 4 is 11.6 Å². The number of carbonyl (C=O) groups is 2. The molecule has 1 heterocycles. The second-order valence-electron chi connectivity index (χ2n) is 5.11. The number of Topliss-reactive ketones (excluding diaryl/α,β-unsaturated/α-hetero) is 2. The van der Waals surface area contributed by atoms with Crippen molar-refractivity contribution in [2.24, 2.45) is 0 Å². The van der Waals surface area contributed by atoms with E-state index in [1.54, 1.807) is 18.1 Å². The molecule has 1 unspecified atom stereocenters. The van der Waals surface area contributed by atoms with E-state index in [1.807, 2.05) is 38.1 Å². The SMILES string of the molecule is CCOC1=CN(C)C(CC(=O)c2ccccc2CC)C1=O. The summed E-state index contributed by atoms with van der Waals surface area (Å²) in [6, 6.07) is 7.12. The molecule has 0 amide bonds. The van der Waals surface area contributed by atoms with Gasteiger partial charge in [0.1, 0.15) is 6.04 Å². The summed E-state index contributed by atoms with van der Waals surface area (Å²) in [5.41, 5.74) is 1.74. The van der Waals surface area contributed by atoms with Gasteiger partial charge in [-0.05, 0) is 18.9 Å². The van der Waals surface area contributed by atoms with Crippen LogP contribution in [0.15, 0.2) is 36.2 Å². The average Bonchev–Trinajstić information content (AvgIpc) is 2.75. The largest absolute Gasteiger partial charge is 0.489 e. The van der Waals surface area contributed by atoms with E-state index in [1.165, 1.54) is 0 Å². The Morgan fingerprint density at radius 2 is 2.00 bits per heavy atom. The average molecular weight is 287 g/mol. The molecule has 1 aromatic rings. The number of hydrogen-bond acceptors (Lipinski definition) is 4. The second-order valence-corrected chi connectivity index (χ2v) is 5.11. The standard InChI is InChI=1S/C17H21NO3/c1-4-12-8-6-7-9-13(12)15(19)10-14-17(20)16(21-5-2)11-18(14)3/h6-9,11,14H,4-5,10H2,1-3H3. The Hall–Kier alpha value is -2.10. The van der Waals surface area contributed by atoms with Crippen LogP contribution in [0.25, 0.3) is 0 Å². The highest BCUT2D eigenvalue weighted by molar-refractivity contribution is 6.06. The van der Waals surface area contributed by atoms with Gasteiger partial charge in [0.25, 0.3) is 0 Å². The van der Waals surface area contributed by atoms with Crippen LogP contribution in [0.5, 0.6) is 0 Å². The Labute approximate surface area is 125 Å². The van der Waals surface area contributed by atoms with Crippen molar-refractivity contribution in [1.29, 1.82) is 0 Å². The van der Waals surface area contributed by atoms with Crippen molar-refractivity contribution in [2.75, 3.05) is 13.7 Å². The van der Waals surface area contributed by atoms with Crippen LogP contribution in [0.3, 0.4) is 0 Å². The van der Waals surface area contributed by atoms with Gasteiger partial charge < -0.3 is 9.64 Å². The number of likely N-dealkylation sites (N-methyl/N-ethyl adjacent to an activating group) is 1. The fourth-order valence-electron chi connectivity index (χ4n) is 2.57. The van der Waals surface area contributed by atoms with Gasteiger partial charge in [0.05, 0.1) is 6.61 Å². The molecule has 0 aromatic heterocycles. The molecule has 21 heavy (non-hydrogen) atoms. The molecule has 1 atom stereocenters. The Bertz CT molecular complexity index is 577. The van der Waals surface area contributed by atoms with Gasteiger partial charge in [0.2, 0.25) is 5.78 Å². The zero-order valence-electron chi connectivity index (χ0n) is 12.8. The highest BCUT2D eigenvalue weighted by Crippen LogP contribution is 2.22. The molecule has 2 rings (SSSR count). The van der Waals surface area contributed by atoms with Crippen molar-refractivity contribution in [3.05, 3.63) is 47.4 Å². The smallest absolute Gasteiger partial charge is 0.221 e. The van der Waals surface area contributed by atoms with Gasteiger partial charge in [-0.3, -0.25) is 9.59 Å². The third kappa shape index (κ3) is 3.15. The maximum absolute atomic E-state index is 12.5. The predicted octanol–water partition coefficient (Wildman–Crippen LogP) is 2.58. The summed E-state index contributed by atoms with van der Waals surface area (Å²) in [6.45, 7) is 4.31. The van der Waals surface area contributed by atoms with Crippen molar-refractivity contribution in [3.63, 3.8) is 0 Å². The van der Waals surface area contributed by atoms with E-state index in [0.29, 0.717) is 17.9 Å². The minimum Gasteiger partial charge on any atom is -0.489 e. The first-order chi connectivity index (χ1) is 10.1. The zero-order valence-corrected chi connectivity index (χ0v) is 12.8. The molecule has 0 aliphatic carbocycles. The number of benzene rings is 1. The van der Waals surface area contributed by atoms with Crippen LogP contribution >= 0.6 is 0 Å². The number of carbonyl (C=O) groups excluding carboxylic acids is 2. The first-order valence-corrected chi connectivity index (χ1v) is 7.30. The fourth-order valence-corrected chi connectivity index (χ4v) is 2.57. The maximum Gasteiger partial charge on any atom is 0.221 e. The third-order valence-electron chi connectivity index (χ3n) is 3.74. The third-order valence-corrected chi connectivity index (χ3v) is 3.74. The molecule has 0 saturated heterocycles. The normalized spacial score (nSPS) is 17.9. The highest BCUT2D eigenvalue weighted by Gasteiger charge is 2.34. The highest BCUT2D eigenvalue weighted by atomic mass is 16.5. The second kappa shape index (κ2) is 6.57. The van der Waals surface area contributed by atoms with Crippen LogP contribution in [0.2, 0.25) is 0 Å². The lowest BCUT2D eigenvalue weighted by molar-refractivity contribution is -0.120. The quantitative estimate of drug-likeness (QED) is 0.754. The molecule has 1 aromatic carbocycles. The number of nitrogens with zero attached hydrogens (tertiary/aromatic N) is 1. The van der Waals surface area contributed by atoms with Crippen molar-refractivity contribution in [1.82, 2.24) is 4.90 Å². The van der Waals surface area contributed by atoms with Crippen LogP contribution in [0.1, 0.15) is 36.2 Å². The van der Waals surface area contributed by atoms with Crippen LogP contribution < -0.4 is 0 Å². The Balaban J connectivity index is 2.12. The van der Waals surface area contributed by atoms with Gasteiger partial charge in [-0.1, -0.05) is 31.2 Å². The Morgan fingerprint density at radius 1 is 1.29 bits per heavy atom. The summed E-state index contributed by atoms with van der Waals surface area (Å²) in [6.07, 6.45) is 2.66. The molecule has 4 nitrogen and oxygen atoms in total. The van der Waals surface area contributed by atoms with Crippen molar-refractivity contribution < 1.29 is 14.3 Å². The van der Waals surface area contributed by atoms with Crippen LogP contribution in [-0.4, -0.2) is 36.2 Å². The minimum atomic E-state index is -0.455. The van der Waals surface area contributed by atoms with Crippen molar-refractivity contribution in [3.8, 4) is 0 Å². The van der Waals surface area contributed by atoms with Gasteiger partial charge in [-0.15, -0.1) is 0 Å². The summed E-state index contributed by atoms with van der Waals surface area (Å²) in [5.74, 6) is 0.243. The van der Waals surface area contributed by atoms with Crippen LogP contribution in [0, 0.1) is 0 Å².